The van der Waals surface area contributed by atoms with Crippen LogP contribution in [-0.2, 0) is 0 Å². The van der Waals surface area contributed by atoms with E-state index < -0.39 is 0 Å². The predicted molar refractivity (Wildman–Crippen MR) is 76.3 cm³/mol. The van der Waals surface area contributed by atoms with Gasteiger partial charge in [0.2, 0.25) is 11.9 Å². The Balaban J connectivity index is 2.48. The molecule has 2 aromatic rings. The molecule has 0 aromatic carbocycles. The van der Waals surface area contributed by atoms with Crippen molar-refractivity contribution in [3.63, 3.8) is 0 Å². The minimum atomic E-state index is 0.0750. The quantitative estimate of drug-likeness (QED) is 0.826. The van der Waals surface area contributed by atoms with Crippen molar-refractivity contribution in [1.29, 1.82) is 5.26 Å². The normalized spacial score (nSPS) is 10.9. The van der Waals surface area contributed by atoms with Crippen molar-refractivity contribution in [3.05, 3.63) is 35.9 Å². The van der Waals surface area contributed by atoms with Gasteiger partial charge in [-0.05, 0) is 17.7 Å². The van der Waals surface area contributed by atoms with Gasteiger partial charge in [-0.25, -0.2) is 0 Å². The molecule has 20 heavy (non-hydrogen) atoms. The van der Waals surface area contributed by atoms with Gasteiger partial charge in [0.05, 0.1) is 5.57 Å². The number of allylic oxidation sites excluding steroid dienone is 1. The minimum Gasteiger partial charge on any atom is -0.368 e. The Morgan fingerprint density at radius 2 is 2.15 bits per heavy atom. The number of nitriles is 1. The number of pyridine rings is 1. The molecule has 0 aliphatic carbocycles. The highest BCUT2D eigenvalue weighted by Crippen LogP contribution is 2.16. The summed E-state index contributed by atoms with van der Waals surface area (Å²) < 4.78 is 0. The van der Waals surface area contributed by atoms with Crippen LogP contribution in [-0.4, -0.2) is 34.0 Å². The molecule has 0 saturated heterocycles. The van der Waals surface area contributed by atoms with Gasteiger partial charge >= 0.3 is 0 Å². The van der Waals surface area contributed by atoms with Gasteiger partial charge in [-0.3, -0.25) is 4.98 Å². The second-order valence-corrected chi connectivity index (χ2v) is 4.17. The molecule has 0 unspecified atom stereocenters. The van der Waals surface area contributed by atoms with E-state index in [1.54, 1.807) is 43.5 Å². The lowest BCUT2D eigenvalue weighted by Gasteiger charge is -2.10. The van der Waals surface area contributed by atoms with Crippen molar-refractivity contribution >= 4 is 23.5 Å². The van der Waals surface area contributed by atoms with Crippen LogP contribution >= 0.6 is 0 Å². The molecule has 0 radical (unpaired) electrons. The summed E-state index contributed by atoms with van der Waals surface area (Å²) in [5, 5.41) is 9.27. The van der Waals surface area contributed by atoms with Gasteiger partial charge in [-0.2, -0.15) is 20.2 Å². The van der Waals surface area contributed by atoms with E-state index in [1.807, 2.05) is 6.07 Å². The van der Waals surface area contributed by atoms with Crippen molar-refractivity contribution in [2.45, 2.75) is 0 Å². The predicted octanol–water partition coefficient (Wildman–Crippen LogP) is 0.979. The Labute approximate surface area is 116 Å². The lowest BCUT2D eigenvalue weighted by Crippen LogP contribution is -2.15. The third-order valence-corrected chi connectivity index (χ3v) is 2.40. The van der Waals surface area contributed by atoms with Crippen LogP contribution in [0.5, 0.6) is 0 Å². The van der Waals surface area contributed by atoms with Crippen molar-refractivity contribution in [1.82, 2.24) is 19.9 Å². The summed E-state index contributed by atoms with van der Waals surface area (Å²) in [5.74, 6) is 0.721. The highest BCUT2D eigenvalue weighted by atomic mass is 15.3. The zero-order valence-corrected chi connectivity index (χ0v) is 11.1. The van der Waals surface area contributed by atoms with Gasteiger partial charge < -0.3 is 10.6 Å². The number of anilines is 2. The molecule has 0 aliphatic rings. The van der Waals surface area contributed by atoms with E-state index in [0.717, 1.165) is 5.56 Å². The van der Waals surface area contributed by atoms with Gasteiger partial charge in [0.1, 0.15) is 6.07 Å². The SMILES string of the molecule is CN(C)c1nc(N)nc(C(C#N)=Cc2cccnc2)n1. The van der Waals surface area contributed by atoms with Gasteiger partial charge in [0.15, 0.2) is 5.82 Å². The molecule has 2 heterocycles. The summed E-state index contributed by atoms with van der Waals surface area (Å²) in [6.45, 7) is 0. The zero-order chi connectivity index (χ0) is 14.5. The third-order valence-electron chi connectivity index (χ3n) is 2.40. The number of rotatable bonds is 3. The topological polar surface area (TPSA) is 105 Å². The monoisotopic (exact) mass is 267 g/mol. The van der Waals surface area contributed by atoms with E-state index >= 15 is 0 Å². The van der Waals surface area contributed by atoms with Gasteiger partial charge in [-0.15, -0.1) is 0 Å². The summed E-state index contributed by atoms with van der Waals surface area (Å²) in [6, 6.07) is 5.69. The van der Waals surface area contributed by atoms with Gasteiger partial charge in [0.25, 0.3) is 0 Å². The molecule has 2 N–H and O–H groups in total. The molecule has 7 heteroatoms. The molecule has 0 saturated carbocycles. The van der Waals surface area contributed by atoms with E-state index in [1.165, 1.54) is 0 Å². The Morgan fingerprint density at radius 3 is 2.75 bits per heavy atom. The van der Waals surface area contributed by atoms with Crippen molar-refractivity contribution in [3.8, 4) is 6.07 Å². The second-order valence-electron chi connectivity index (χ2n) is 4.17. The largest absolute Gasteiger partial charge is 0.368 e. The lowest BCUT2D eigenvalue weighted by molar-refractivity contribution is 0.952. The first-order chi connectivity index (χ1) is 9.60. The van der Waals surface area contributed by atoms with Gasteiger partial charge in [0, 0.05) is 26.5 Å². The maximum Gasteiger partial charge on any atom is 0.230 e. The van der Waals surface area contributed by atoms with Crippen molar-refractivity contribution in [2.24, 2.45) is 0 Å². The lowest BCUT2D eigenvalue weighted by atomic mass is 10.2. The molecular formula is C13H13N7. The van der Waals surface area contributed by atoms with Crippen LogP contribution in [0.3, 0.4) is 0 Å². The maximum absolute atomic E-state index is 9.27. The molecule has 7 nitrogen and oxygen atoms in total. The van der Waals surface area contributed by atoms with Gasteiger partial charge in [-0.1, -0.05) is 6.07 Å². The Kier molecular flexibility index (Phi) is 3.86. The fraction of sp³-hybridized carbons (Fsp3) is 0.154. The number of nitrogens with two attached hydrogens (primary N) is 1. The molecule has 0 spiro atoms. The summed E-state index contributed by atoms with van der Waals surface area (Å²) >= 11 is 0. The number of nitrogens with zero attached hydrogens (tertiary/aromatic N) is 6. The van der Waals surface area contributed by atoms with Crippen LogP contribution in [0.25, 0.3) is 11.6 Å². The van der Waals surface area contributed by atoms with Crippen LogP contribution in [0.1, 0.15) is 11.4 Å². The molecule has 0 bridgehead atoms. The van der Waals surface area contributed by atoms with E-state index in [9.17, 15) is 5.26 Å². The fourth-order valence-electron chi connectivity index (χ4n) is 1.48. The molecule has 0 fully saturated rings. The molecular weight excluding hydrogens is 254 g/mol. The first-order valence-corrected chi connectivity index (χ1v) is 5.81. The summed E-state index contributed by atoms with van der Waals surface area (Å²) in [7, 11) is 3.57. The summed E-state index contributed by atoms with van der Waals surface area (Å²) in [6.07, 6.45) is 4.96. The fourth-order valence-corrected chi connectivity index (χ4v) is 1.48. The number of nitrogen functional groups attached to an aromatic ring is 1. The zero-order valence-electron chi connectivity index (χ0n) is 11.1. The third kappa shape index (κ3) is 3.05. The Bertz CT molecular complexity index is 671. The first-order valence-electron chi connectivity index (χ1n) is 5.81. The summed E-state index contributed by atoms with van der Waals surface area (Å²) in [5.41, 5.74) is 6.73. The average molecular weight is 267 g/mol. The molecule has 0 atom stereocenters. The van der Waals surface area contributed by atoms with Crippen LogP contribution < -0.4 is 10.6 Å². The summed E-state index contributed by atoms with van der Waals surface area (Å²) in [4.78, 5) is 17.9. The molecule has 2 aromatic heterocycles. The number of aromatic nitrogens is 4. The van der Waals surface area contributed by atoms with E-state index in [4.69, 9.17) is 5.73 Å². The number of hydrogen-bond acceptors (Lipinski definition) is 7. The second kappa shape index (κ2) is 5.75. The van der Waals surface area contributed by atoms with Crippen molar-refractivity contribution < 1.29 is 0 Å². The highest BCUT2D eigenvalue weighted by Gasteiger charge is 2.10. The van der Waals surface area contributed by atoms with Crippen LogP contribution in [0.2, 0.25) is 0 Å². The standard InChI is InChI=1S/C13H13N7/c1-20(2)13-18-11(17-12(15)19-13)10(7-14)6-9-4-3-5-16-8-9/h3-6,8H,1-2H3,(H2,15,17,18,19). The van der Waals surface area contributed by atoms with Crippen LogP contribution in [0.15, 0.2) is 24.5 Å². The molecule has 100 valence electrons. The van der Waals surface area contributed by atoms with E-state index in [-0.39, 0.29) is 11.8 Å². The van der Waals surface area contributed by atoms with Crippen LogP contribution in [0.4, 0.5) is 11.9 Å². The van der Waals surface area contributed by atoms with Crippen LogP contribution in [0, 0.1) is 11.3 Å². The van der Waals surface area contributed by atoms with Crippen molar-refractivity contribution in [2.75, 3.05) is 24.7 Å². The first kappa shape index (κ1) is 13.4. The molecule has 2 rings (SSSR count). The molecule has 0 amide bonds. The minimum absolute atomic E-state index is 0.0750. The Hall–Kier alpha value is -3.01. The smallest absolute Gasteiger partial charge is 0.230 e. The average Bonchev–Trinajstić information content (AvgIpc) is 2.45. The van der Waals surface area contributed by atoms with E-state index in [2.05, 4.69) is 26.0 Å². The number of hydrogen-bond donors (Lipinski definition) is 1. The maximum atomic E-state index is 9.27. The Morgan fingerprint density at radius 1 is 1.35 bits per heavy atom. The highest BCUT2D eigenvalue weighted by molar-refractivity contribution is 5.87. The van der Waals surface area contributed by atoms with E-state index in [0.29, 0.717) is 11.5 Å². The molecule has 0 aliphatic heterocycles.